The second-order valence-corrected chi connectivity index (χ2v) is 12.5. The molecule has 236 valence electrons. The van der Waals surface area contributed by atoms with Gasteiger partial charge in [0.2, 0.25) is 0 Å². The Morgan fingerprint density at radius 1 is 0.340 bits per heavy atom. The molecule has 0 saturated heterocycles. The van der Waals surface area contributed by atoms with Crippen LogP contribution in [-0.4, -0.2) is 4.98 Å². The molecule has 3 nitrogen and oxygen atoms in total. The topological polar surface area (TPSA) is 29.3 Å². The van der Waals surface area contributed by atoms with Gasteiger partial charge in [-0.1, -0.05) is 121 Å². The highest BCUT2D eigenvalue weighted by Crippen LogP contribution is 2.38. The molecule has 0 unspecified atom stereocenters. The van der Waals surface area contributed by atoms with Crippen molar-refractivity contribution in [1.29, 1.82) is 0 Å². The standard InChI is InChI=1S/C47H32N2O/c1-3-8-33(9-4-1)35-14-21-41(22-15-35)49(42-23-16-36(17-24-42)34-10-5-2-6-11-34)43-25-18-37(19-26-43)38-12-7-13-39(30-38)40-20-27-44-45-28-29-48-32-47(45)50-46(44)31-40/h1-32H. The molecule has 9 aromatic rings. The molecule has 0 spiro atoms. The van der Waals surface area contributed by atoms with E-state index in [1.807, 2.05) is 12.3 Å². The molecule has 0 radical (unpaired) electrons. The number of aromatic nitrogens is 1. The lowest BCUT2D eigenvalue weighted by Gasteiger charge is -2.26. The molecule has 0 aliphatic rings. The highest BCUT2D eigenvalue weighted by atomic mass is 16.3. The van der Waals surface area contributed by atoms with Gasteiger partial charge in [-0.05, 0) is 105 Å². The quantitative estimate of drug-likeness (QED) is 0.174. The summed E-state index contributed by atoms with van der Waals surface area (Å²) in [6, 6.07) is 64.7. The SMILES string of the molecule is c1ccc(-c2ccc(N(c3ccc(-c4ccccc4)cc3)c3ccc(-c4cccc(-c5ccc6c(c5)oc5cnccc56)c4)cc3)cc2)cc1. The zero-order valence-corrected chi connectivity index (χ0v) is 27.3. The molecule has 0 N–H and O–H groups in total. The molecule has 0 saturated carbocycles. The largest absolute Gasteiger partial charge is 0.454 e. The number of hydrogen-bond acceptors (Lipinski definition) is 3. The minimum atomic E-state index is 0.807. The third-order valence-corrected chi connectivity index (χ3v) is 9.40. The Balaban J connectivity index is 1.05. The summed E-state index contributed by atoms with van der Waals surface area (Å²) in [6.45, 7) is 0. The summed E-state index contributed by atoms with van der Waals surface area (Å²) in [5.74, 6) is 0. The van der Waals surface area contributed by atoms with Crippen molar-refractivity contribution in [3.05, 3.63) is 194 Å². The zero-order chi connectivity index (χ0) is 33.3. The molecular formula is C47H32N2O. The van der Waals surface area contributed by atoms with Crippen LogP contribution in [0.3, 0.4) is 0 Å². The number of furan rings is 1. The molecule has 0 fully saturated rings. The maximum atomic E-state index is 6.13. The fraction of sp³-hybridized carbons (Fsp3) is 0. The van der Waals surface area contributed by atoms with E-state index in [0.29, 0.717) is 0 Å². The molecule has 2 heterocycles. The van der Waals surface area contributed by atoms with Crippen molar-refractivity contribution in [3.63, 3.8) is 0 Å². The molecule has 9 rings (SSSR count). The number of benzene rings is 7. The van der Waals surface area contributed by atoms with Crippen LogP contribution in [0.15, 0.2) is 199 Å². The number of anilines is 3. The van der Waals surface area contributed by atoms with Crippen LogP contribution in [0.1, 0.15) is 0 Å². The first-order valence-electron chi connectivity index (χ1n) is 16.9. The summed E-state index contributed by atoms with van der Waals surface area (Å²) in [5, 5.41) is 2.19. The van der Waals surface area contributed by atoms with Crippen molar-refractivity contribution in [1.82, 2.24) is 4.98 Å². The molecule has 2 aromatic heterocycles. The molecule has 0 aliphatic carbocycles. The fourth-order valence-corrected chi connectivity index (χ4v) is 6.81. The van der Waals surface area contributed by atoms with Gasteiger partial charge in [-0.15, -0.1) is 0 Å². The van der Waals surface area contributed by atoms with E-state index in [-0.39, 0.29) is 0 Å². The molecular weight excluding hydrogens is 609 g/mol. The van der Waals surface area contributed by atoms with Gasteiger partial charge in [-0.2, -0.15) is 0 Å². The number of pyridine rings is 1. The molecule has 50 heavy (non-hydrogen) atoms. The van der Waals surface area contributed by atoms with E-state index in [4.69, 9.17) is 4.42 Å². The summed E-state index contributed by atoms with van der Waals surface area (Å²) >= 11 is 0. The van der Waals surface area contributed by atoms with Crippen molar-refractivity contribution < 1.29 is 4.42 Å². The third-order valence-electron chi connectivity index (χ3n) is 9.40. The maximum absolute atomic E-state index is 6.13. The van der Waals surface area contributed by atoms with E-state index in [2.05, 4.69) is 186 Å². The lowest BCUT2D eigenvalue weighted by atomic mass is 9.98. The number of fused-ring (bicyclic) bond motifs is 3. The normalized spacial score (nSPS) is 11.2. The van der Waals surface area contributed by atoms with E-state index in [0.717, 1.165) is 61.3 Å². The predicted octanol–water partition coefficient (Wildman–Crippen LogP) is 13.1. The minimum Gasteiger partial charge on any atom is -0.454 e. The summed E-state index contributed by atoms with van der Waals surface area (Å²) in [6.07, 6.45) is 3.59. The highest BCUT2D eigenvalue weighted by Gasteiger charge is 2.14. The average molecular weight is 641 g/mol. The molecule has 0 aliphatic heterocycles. The van der Waals surface area contributed by atoms with Crippen molar-refractivity contribution in [3.8, 4) is 44.5 Å². The molecule has 0 amide bonds. The van der Waals surface area contributed by atoms with E-state index in [9.17, 15) is 0 Å². The van der Waals surface area contributed by atoms with Gasteiger partial charge < -0.3 is 9.32 Å². The summed E-state index contributed by atoms with van der Waals surface area (Å²) < 4.78 is 6.13. The van der Waals surface area contributed by atoms with Crippen LogP contribution in [0.25, 0.3) is 66.4 Å². The molecule has 3 heteroatoms. The van der Waals surface area contributed by atoms with Crippen molar-refractivity contribution in [2.24, 2.45) is 0 Å². The van der Waals surface area contributed by atoms with Crippen LogP contribution in [0, 0.1) is 0 Å². The Bertz CT molecular complexity index is 2470. The van der Waals surface area contributed by atoms with Gasteiger partial charge in [0.1, 0.15) is 5.58 Å². The Morgan fingerprint density at radius 2 is 0.760 bits per heavy atom. The predicted molar refractivity (Wildman–Crippen MR) is 208 cm³/mol. The van der Waals surface area contributed by atoms with Gasteiger partial charge in [-0.3, -0.25) is 4.98 Å². The summed E-state index contributed by atoms with van der Waals surface area (Å²) in [7, 11) is 0. The molecule has 7 aromatic carbocycles. The van der Waals surface area contributed by atoms with Crippen LogP contribution in [0.2, 0.25) is 0 Å². The summed E-state index contributed by atoms with van der Waals surface area (Å²) in [5.41, 5.74) is 14.4. The zero-order valence-electron chi connectivity index (χ0n) is 27.3. The monoisotopic (exact) mass is 640 g/mol. The first-order chi connectivity index (χ1) is 24.8. The first kappa shape index (κ1) is 29.4. The van der Waals surface area contributed by atoms with Gasteiger partial charge >= 0.3 is 0 Å². The molecule has 0 bridgehead atoms. The number of hydrogen-bond donors (Lipinski definition) is 0. The van der Waals surface area contributed by atoms with Crippen molar-refractivity contribution >= 4 is 39.0 Å². The van der Waals surface area contributed by atoms with E-state index in [1.54, 1.807) is 6.20 Å². The van der Waals surface area contributed by atoms with Crippen LogP contribution in [-0.2, 0) is 0 Å². The summed E-state index contributed by atoms with van der Waals surface area (Å²) in [4.78, 5) is 6.54. The van der Waals surface area contributed by atoms with Crippen LogP contribution in [0.4, 0.5) is 17.1 Å². The first-order valence-corrected chi connectivity index (χ1v) is 16.9. The highest BCUT2D eigenvalue weighted by molar-refractivity contribution is 6.05. The average Bonchev–Trinajstić information content (AvgIpc) is 3.58. The van der Waals surface area contributed by atoms with Crippen molar-refractivity contribution in [2.45, 2.75) is 0 Å². The maximum Gasteiger partial charge on any atom is 0.153 e. The Morgan fingerprint density at radius 3 is 1.32 bits per heavy atom. The smallest absolute Gasteiger partial charge is 0.153 e. The van der Waals surface area contributed by atoms with E-state index >= 15 is 0 Å². The Labute approximate surface area is 291 Å². The molecule has 0 atom stereocenters. The van der Waals surface area contributed by atoms with Gasteiger partial charge in [0.15, 0.2) is 5.58 Å². The second kappa shape index (κ2) is 12.7. The number of rotatable bonds is 7. The van der Waals surface area contributed by atoms with Gasteiger partial charge in [0.25, 0.3) is 0 Å². The van der Waals surface area contributed by atoms with Gasteiger partial charge in [-0.25, -0.2) is 0 Å². The Hall–Kier alpha value is -6.71. The van der Waals surface area contributed by atoms with Crippen LogP contribution in [0.5, 0.6) is 0 Å². The minimum absolute atomic E-state index is 0.807. The van der Waals surface area contributed by atoms with Gasteiger partial charge in [0.05, 0.1) is 6.20 Å². The van der Waals surface area contributed by atoms with Gasteiger partial charge in [0, 0.05) is 34.0 Å². The lowest BCUT2D eigenvalue weighted by Crippen LogP contribution is -2.09. The Kier molecular flexibility index (Phi) is 7.49. The van der Waals surface area contributed by atoms with Crippen LogP contribution >= 0.6 is 0 Å². The second-order valence-electron chi connectivity index (χ2n) is 12.5. The van der Waals surface area contributed by atoms with Crippen LogP contribution < -0.4 is 4.90 Å². The van der Waals surface area contributed by atoms with E-state index in [1.165, 1.54) is 22.3 Å². The number of nitrogens with zero attached hydrogens (tertiary/aromatic N) is 2. The van der Waals surface area contributed by atoms with E-state index < -0.39 is 0 Å². The fourth-order valence-electron chi connectivity index (χ4n) is 6.81. The van der Waals surface area contributed by atoms with Crippen molar-refractivity contribution in [2.75, 3.05) is 4.90 Å². The lowest BCUT2D eigenvalue weighted by molar-refractivity contribution is 0.667. The third kappa shape index (κ3) is 5.61.